The van der Waals surface area contributed by atoms with Crippen LogP contribution in [0.25, 0.3) is 0 Å². The Bertz CT molecular complexity index is 400. The number of aromatic nitrogens is 1. The minimum Gasteiger partial charge on any atom is -0.261 e. The van der Waals surface area contributed by atoms with Gasteiger partial charge < -0.3 is 0 Å². The van der Waals surface area contributed by atoms with E-state index in [4.69, 9.17) is 0 Å². The molecule has 0 N–H and O–H groups in total. The van der Waals surface area contributed by atoms with Gasteiger partial charge in [0.25, 0.3) is 0 Å². The molecule has 1 nitrogen and oxygen atoms in total. The molecule has 3 rings (SSSR count). The molecule has 15 heavy (non-hydrogen) atoms. The third kappa shape index (κ3) is 1.18. The van der Waals surface area contributed by atoms with Crippen molar-refractivity contribution in [1.29, 1.82) is 0 Å². The highest BCUT2D eigenvalue weighted by Gasteiger charge is 2.42. The fraction of sp³-hybridized carbons (Fsp3) is 0.643. The first kappa shape index (κ1) is 9.38. The molecule has 1 heteroatoms. The molecule has 0 unspecified atom stereocenters. The molecule has 1 aromatic rings. The number of hydrogen-bond donors (Lipinski definition) is 0. The van der Waals surface area contributed by atoms with E-state index in [0.29, 0.717) is 5.41 Å². The van der Waals surface area contributed by atoms with E-state index in [-0.39, 0.29) is 0 Å². The zero-order valence-corrected chi connectivity index (χ0v) is 9.77. The van der Waals surface area contributed by atoms with Crippen molar-refractivity contribution in [3.63, 3.8) is 0 Å². The van der Waals surface area contributed by atoms with E-state index in [0.717, 1.165) is 0 Å². The van der Waals surface area contributed by atoms with Gasteiger partial charge in [0.05, 0.1) is 0 Å². The molecule has 0 aromatic carbocycles. The molecule has 1 heterocycles. The predicted molar refractivity (Wildman–Crippen MR) is 62.2 cm³/mol. The lowest BCUT2D eigenvalue weighted by molar-refractivity contribution is 0.436. The molecule has 0 saturated heterocycles. The van der Waals surface area contributed by atoms with Gasteiger partial charge in [0.2, 0.25) is 0 Å². The number of nitrogens with zero attached hydrogens (tertiary/aromatic N) is 1. The summed E-state index contributed by atoms with van der Waals surface area (Å²) < 4.78 is 0. The summed E-state index contributed by atoms with van der Waals surface area (Å²) in [4.78, 5) is 4.57. The van der Waals surface area contributed by atoms with Crippen molar-refractivity contribution in [2.75, 3.05) is 0 Å². The maximum atomic E-state index is 4.57. The number of rotatable bonds is 0. The quantitative estimate of drug-likeness (QED) is 0.626. The molecule has 0 atom stereocenters. The molecule has 0 amide bonds. The smallest absolute Gasteiger partial charge is 0.0413 e. The molecule has 0 aliphatic heterocycles. The van der Waals surface area contributed by atoms with Crippen LogP contribution in [-0.2, 0) is 11.8 Å². The second-order valence-electron chi connectivity index (χ2n) is 5.37. The predicted octanol–water partition coefficient (Wildman–Crippen LogP) is 3.46. The van der Waals surface area contributed by atoms with Crippen LogP contribution < -0.4 is 0 Å². The third-order valence-electron chi connectivity index (χ3n) is 4.54. The SMILES string of the molecule is Cc1cnc(C)c2c1CCC21CCCC1. The van der Waals surface area contributed by atoms with Gasteiger partial charge in [0.15, 0.2) is 0 Å². The summed E-state index contributed by atoms with van der Waals surface area (Å²) in [6.07, 6.45) is 10.4. The van der Waals surface area contributed by atoms with Crippen molar-refractivity contribution in [1.82, 2.24) is 4.98 Å². The Kier molecular flexibility index (Phi) is 1.92. The van der Waals surface area contributed by atoms with Crippen molar-refractivity contribution in [2.24, 2.45) is 0 Å². The van der Waals surface area contributed by atoms with Crippen LogP contribution in [-0.4, -0.2) is 4.98 Å². The van der Waals surface area contributed by atoms with Gasteiger partial charge in [-0.2, -0.15) is 0 Å². The Balaban J connectivity index is 2.20. The Morgan fingerprint density at radius 3 is 2.60 bits per heavy atom. The maximum Gasteiger partial charge on any atom is 0.0413 e. The number of hydrogen-bond acceptors (Lipinski definition) is 1. The lowest BCUT2D eigenvalue weighted by atomic mass is 9.79. The minimum absolute atomic E-state index is 0.540. The van der Waals surface area contributed by atoms with Crippen LogP contribution >= 0.6 is 0 Å². The van der Waals surface area contributed by atoms with Crippen molar-refractivity contribution in [3.05, 3.63) is 28.6 Å². The van der Waals surface area contributed by atoms with E-state index in [1.54, 1.807) is 11.1 Å². The molecule has 1 fully saturated rings. The lowest BCUT2D eigenvalue weighted by Crippen LogP contribution is -2.19. The van der Waals surface area contributed by atoms with Crippen LogP contribution in [0.1, 0.15) is 54.5 Å². The highest BCUT2D eigenvalue weighted by atomic mass is 14.7. The second-order valence-corrected chi connectivity index (χ2v) is 5.37. The number of pyridine rings is 1. The van der Waals surface area contributed by atoms with Gasteiger partial charge in [-0.1, -0.05) is 12.8 Å². The van der Waals surface area contributed by atoms with Gasteiger partial charge in [-0.05, 0) is 61.6 Å². The average Bonchev–Trinajstić information content (AvgIpc) is 2.83. The van der Waals surface area contributed by atoms with Gasteiger partial charge >= 0.3 is 0 Å². The van der Waals surface area contributed by atoms with Crippen LogP contribution in [0.15, 0.2) is 6.20 Å². The molecular formula is C14H19N. The van der Waals surface area contributed by atoms with E-state index in [1.807, 2.05) is 0 Å². The lowest BCUT2D eigenvalue weighted by Gasteiger charge is -2.25. The molecule has 0 radical (unpaired) electrons. The van der Waals surface area contributed by atoms with Gasteiger partial charge in [-0.15, -0.1) is 0 Å². The van der Waals surface area contributed by atoms with E-state index in [1.165, 1.54) is 49.8 Å². The van der Waals surface area contributed by atoms with E-state index in [9.17, 15) is 0 Å². The van der Waals surface area contributed by atoms with Crippen molar-refractivity contribution in [2.45, 2.75) is 57.8 Å². The molecule has 1 aromatic heterocycles. The van der Waals surface area contributed by atoms with E-state index < -0.39 is 0 Å². The maximum absolute atomic E-state index is 4.57. The highest BCUT2D eigenvalue weighted by Crippen LogP contribution is 2.51. The van der Waals surface area contributed by atoms with Gasteiger partial charge in [0.1, 0.15) is 0 Å². The van der Waals surface area contributed by atoms with E-state index >= 15 is 0 Å². The van der Waals surface area contributed by atoms with E-state index in [2.05, 4.69) is 25.0 Å². The fourth-order valence-electron chi connectivity index (χ4n) is 3.82. The van der Waals surface area contributed by atoms with Crippen LogP contribution in [0.4, 0.5) is 0 Å². The third-order valence-corrected chi connectivity index (χ3v) is 4.54. The van der Waals surface area contributed by atoms with Crippen molar-refractivity contribution in [3.8, 4) is 0 Å². The molecular weight excluding hydrogens is 182 g/mol. The van der Waals surface area contributed by atoms with Crippen molar-refractivity contribution >= 4 is 0 Å². The Labute approximate surface area is 91.9 Å². The Morgan fingerprint density at radius 1 is 1.13 bits per heavy atom. The van der Waals surface area contributed by atoms with Gasteiger partial charge in [0, 0.05) is 11.9 Å². The van der Waals surface area contributed by atoms with Gasteiger partial charge in [-0.3, -0.25) is 4.98 Å². The summed E-state index contributed by atoms with van der Waals surface area (Å²) in [6.45, 7) is 4.42. The number of aryl methyl sites for hydroxylation is 2. The number of fused-ring (bicyclic) bond motifs is 2. The molecule has 2 aliphatic rings. The summed E-state index contributed by atoms with van der Waals surface area (Å²) in [7, 11) is 0. The normalized spacial score (nSPS) is 22.3. The molecule has 80 valence electrons. The van der Waals surface area contributed by atoms with Crippen molar-refractivity contribution < 1.29 is 0 Å². The Hall–Kier alpha value is -0.850. The summed E-state index contributed by atoms with van der Waals surface area (Å²) in [5.41, 5.74) is 6.53. The molecule has 0 bridgehead atoms. The molecule has 1 spiro atoms. The largest absolute Gasteiger partial charge is 0.261 e. The monoisotopic (exact) mass is 201 g/mol. The summed E-state index contributed by atoms with van der Waals surface area (Å²) >= 11 is 0. The van der Waals surface area contributed by atoms with Crippen LogP contribution in [0.3, 0.4) is 0 Å². The first-order valence-corrected chi connectivity index (χ1v) is 6.18. The fourth-order valence-corrected chi connectivity index (χ4v) is 3.82. The summed E-state index contributed by atoms with van der Waals surface area (Å²) in [5.74, 6) is 0. The first-order valence-electron chi connectivity index (χ1n) is 6.18. The van der Waals surface area contributed by atoms with Gasteiger partial charge in [-0.25, -0.2) is 0 Å². The highest BCUT2D eigenvalue weighted by molar-refractivity contribution is 5.46. The zero-order valence-electron chi connectivity index (χ0n) is 9.77. The van der Waals surface area contributed by atoms with Crippen LogP contribution in [0, 0.1) is 13.8 Å². The van der Waals surface area contributed by atoms with Crippen LogP contribution in [0.5, 0.6) is 0 Å². The van der Waals surface area contributed by atoms with Crippen LogP contribution in [0.2, 0.25) is 0 Å². The molecule has 2 aliphatic carbocycles. The summed E-state index contributed by atoms with van der Waals surface area (Å²) in [5, 5.41) is 0. The Morgan fingerprint density at radius 2 is 1.87 bits per heavy atom. The topological polar surface area (TPSA) is 12.9 Å². The standard InChI is InChI=1S/C14H19N/c1-10-9-15-11(2)13-12(10)5-8-14(13)6-3-4-7-14/h9H,3-8H2,1-2H3. The zero-order chi connectivity index (χ0) is 10.5. The molecule has 1 saturated carbocycles. The minimum atomic E-state index is 0.540. The first-order chi connectivity index (χ1) is 7.23. The second kappa shape index (κ2) is 3.07. The average molecular weight is 201 g/mol. The summed E-state index contributed by atoms with van der Waals surface area (Å²) in [6, 6.07) is 0.